The molecule has 9 aromatic rings. The van der Waals surface area contributed by atoms with Gasteiger partial charge in [-0.1, -0.05) is 146 Å². The molecule has 1 aliphatic heterocycles. The van der Waals surface area contributed by atoms with Crippen LogP contribution >= 0.6 is 11.3 Å². The fourth-order valence-electron chi connectivity index (χ4n) is 7.31. The molecule has 0 aliphatic carbocycles. The molecular formula is C45H30N4S. The zero-order valence-corrected chi connectivity index (χ0v) is 27.8. The zero-order chi connectivity index (χ0) is 33.0. The van der Waals surface area contributed by atoms with E-state index in [0.717, 1.165) is 34.0 Å². The van der Waals surface area contributed by atoms with Crippen LogP contribution in [0.1, 0.15) is 22.9 Å². The summed E-state index contributed by atoms with van der Waals surface area (Å²) in [6, 6.07) is 60.3. The van der Waals surface area contributed by atoms with Crippen molar-refractivity contribution >= 4 is 65.0 Å². The molecule has 0 saturated carbocycles. The Morgan fingerprint density at radius 3 is 1.98 bits per heavy atom. The second-order valence-corrected chi connectivity index (χ2v) is 13.7. The smallest absolute Gasteiger partial charge is 0.159 e. The third kappa shape index (κ3) is 4.74. The van der Waals surface area contributed by atoms with Gasteiger partial charge in [-0.05, 0) is 35.4 Å². The minimum atomic E-state index is -0.230. The first kappa shape index (κ1) is 28.7. The lowest BCUT2D eigenvalue weighted by Gasteiger charge is -2.23. The second kappa shape index (κ2) is 11.7. The molecule has 7 aromatic carbocycles. The Kier molecular flexibility index (Phi) is 6.71. The van der Waals surface area contributed by atoms with E-state index in [4.69, 9.17) is 9.98 Å². The zero-order valence-electron chi connectivity index (χ0n) is 27.0. The van der Waals surface area contributed by atoms with Gasteiger partial charge < -0.3 is 9.88 Å². The number of fused-ring (bicyclic) bond motifs is 6. The van der Waals surface area contributed by atoms with Crippen molar-refractivity contribution in [3.05, 3.63) is 187 Å². The normalized spacial score (nSPS) is 14.6. The minimum Gasteiger partial charge on any atom is -0.344 e. The van der Waals surface area contributed by atoms with Crippen LogP contribution in [0.4, 0.5) is 0 Å². The van der Waals surface area contributed by atoms with Crippen molar-refractivity contribution in [3.8, 4) is 16.8 Å². The fourth-order valence-corrected chi connectivity index (χ4v) is 8.49. The summed E-state index contributed by atoms with van der Waals surface area (Å²) in [5.74, 6) is 1.56. The van der Waals surface area contributed by atoms with Gasteiger partial charge >= 0.3 is 0 Å². The molecular weight excluding hydrogens is 629 g/mol. The highest BCUT2D eigenvalue weighted by Crippen LogP contribution is 2.41. The maximum absolute atomic E-state index is 5.12. The first-order chi connectivity index (χ1) is 24.8. The summed E-state index contributed by atoms with van der Waals surface area (Å²) in [5, 5.41) is 8.58. The van der Waals surface area contributed by atoms with Crippen molar-refractivity contribution in [2.45, 2.75) is 6.17 Å². The highest BCUT2D eigenvalue weighted by molar-refractivity contribution is 7.25. The lowest BCUT2D eigenvalue weighted by Crippen LogP contribution is -2.33. The van der Waals surface area contributed by atoms with Crippen molar-refractivity contribution in [1.29, 1.82) is 0 Å². The van der Waals surface area contributed by atoms with Crippen LogP contribution in [0.3, 0.4) is 0 Å². The van der Waals surface area contributed by atoms with Gasteiger partial charge in [0.15, 0.2) is 5.84 Å². The largest absolute Gasteiger partial charge is 0.344 e. The monoisotopic (exact) mass is 658 g/mol. The maximum Gasteiger partial charge on any atom is 0.159 e. The van der Waals surface area contributed by atoms with E-state index in [-0.39, 0.29) is 6.17 Å². The number of hydrogen-bond acceptors (Lipinski definition) is 4. The van der Waals surface area contributed by atoms with Crippen LogP contribution < -0.4 is 5.32 Å². The minimum absolute atomic E-state index is 0.230. The average molecular weight is 659 g/mol. The molecule has 5 heteroatoms. The van der Waals surface area contributed by atoms with E-state index in [1.54, 1.807) is 0 Å². The number of aliphatic imine (C=N–C) groups is 2. The number of hydrogen-bond donors (Lipinski definition) is 1. The van der Waals surface area contributed by atoms with Crippen LogP contribution in [0, 0.1) is 0 Å². The summed E-state index contributed by atoms with van der Waals surface area (Å²) >= 11 is 1.82. The Hall–Kier alpha value is -6.30. The number of amidine groups is 2. The number of nitrogens with one attached hydrogen (secondary N) is 1. The number of para-hydroxylation sites is 2. The Morgan fingerprint density at radius 1 is 0.520 bits per heavy atom. The van der Waals surface area contributed by atoms with Crippen LogP contribution in [0.25, 0.3) is 58.8 Å². The number of aromatic nitrogens is 1. The molecule has 10 rings (SSSR count). The number of thiophene rings is 1. The molecule has 0 fully saturated rings. The van der Waals surface area contributed by atoms with Gasteiger partial charge in [0.25, 0.3) is 0 Å². The molecule has 0 spiro atoms. The number of rotatable bonds is 5. The fraction of sp³-hybridized carbons (Fsp3) is 0.0222. The quantitative estimate of drug-likeness (QED) is 0.196. The average Bonchev–Trinajstić information content (AvgIpc) is 3.73. The molecule has 4 nitrogen and oxygen atoms in total. The predicted molar refractivity (Wildman–Crippen MR) is 211 cm³/mol. The molecule has 1 aliphatic rings. The highest BCUT2D eigenvalue weighted by atomic mass is 32.1. The van der Waals surface area contributed by atoms with E-state index < -0.39 is 0 Å². The maximum atomic E-state index is 5.12. The molecule has 1 atom stereocenters. The van der Waals surface area contributed by atoms with E-state index in [9.17, 15) is 0 Å². The standard InChI is InChI=1S/C45H30N4S/c1-4-13-29(14-5-1)34-20-12-21-38-35-19-10-11-22-39(35)49(42(34)38)33-24-26-37-36-25-23-32(27-40(36)50-41(37)28-33)45-47-43(30-15-6-2-7-16-30)46-44(48-45)31-17-8-3-9-18-31/h1-28,43H,(H,46,47,48). The van der Waals surface area contributed by atoms with Crippen LogP contribution in [-0.4, -0.2) is 16.2 Å². The van der Waals surface area contributed by atoms with Gasteiger partial charge in [0.2, 0.25) is 0 Å². The highest BCUT2D eigenvalue weighted by Gasteiger charge is 2.22. The molecule has 1 N–H and O–H groups in total. The predicted octanol–water partition coefficient (Wildman–Crippen LogP) is 11.3. The van der Waals surface area contributed by atoms with E-state index in [0.29, 0.717) is 0 Å². The molecule has 50 heavy (non-hydrogen) atoms. The Balaban J connectivity index is 1.12. The number of nitrogens with zero attached hydrogens (tertiary/aromatic N) is 3. The van der Waals surface area contributed by atoms with Crippen molar-refractivity contribution in [2.24, 2.45) is 9.98 Å². The van der Waals surface area contributed by atoms with Crippen molar-refractivity contribution < 1.29 is 0 Å². The third-order valence-corrected chi connectivity index (χ3v) is 10.8. The Morgan fingerprint density at radius 2 is 1.18 bits per heavy atom. The third-order valence-electron chi connectivity index (χ3n) is 9.66. The molecule has 0 amide bonds. The lowest BCUT2D eigenvalue weighted by molar-refractivity contribution is 0.674. The molecule has 0 saturated heterocycles. The van der Waals surface area contributed by atoms with Gasteiger partial charge in [-0.2, -0.15) is 0 Å². The van der Waals surface area contributed by atoms with E-state index in [2.05, 4.69) is 155 Å². The van der Waals surface area contributed by atoms with Crippen molar-refractivity contribution in [3.63, 3.8) is 0 Å². The Bertz CT molecular complexity index is 2780. The van der Waals surface area contributed by atoms with Gasteiger partial charge in [-0.25, -0.2) is 9.98 Å². The summed E-state index contributed by atoms with van der Waals surface area (Å²) in [5.41, 5.74) is 9.18. The van der Waals surface area contributed by atoms with Crippen molar-refractivity contribution in [2.75, 3.05) is 0 Å². The summed E-state index contributed by atoms with van der Waals surface area (Å²) < 4.78 is 4.91. The first-order valence-electron chi connectivity index (χ1n) is 16.9. The van der Waals surface area contributed by atoms with Gasteiger partial charge in [0.1, 0.15) is 12.0 Å². The molecule has 1 unspecified atom stereocenters. The topological polar surface area (TPSA) is 41.7 Å². The van der Waals surface area contributed by atoms with E-state index in [1.807, 2.05) is 35.6 Å². The molecule has 2 aromatic heterocycles. The molecule has 0 bridgehead atoms. The van der Waals surface area contributed by atoms with Crippen LogP contribution in [0.15, 0.2) is 180 Å². The lowest BCUT2D eigenvalue weighted by atomic mass is 10.0. The summed E-state index contributed by atoms with van der Waals surface area (Å²) in [6.45, 7) is 0. The number of benzene rings is 7. The van der Waals surface area contributed by atoms with E-state index >= 15 is 0 Å². The Labute approximate surface area is 293 Å². The van der Waals surface area contributed by atoms with Gasteiger partial charge in [-0.3, -0.25) is 0 Å². The summed E-state index contributed by atoms with van der Waals surface area (Å²) in [6.07, 6.45) is -0.230. The van der Waals surface area contributed by atoms with Crippen LogP contribution in [0.2, 0.25) is 0 Å². The summed E-state index contributed by atoms with van der Waals surface area (Å²) in [4.78, 5) is 10.2. The first-order valence-corrected chi connectivity index (χ1v) is 17.7. The molecule has 0 radical (unpaired) electrons. The van der Waals surface area contributed by atoms with Crippen LogP contribution in [-0.2, 0) is 0 Å². The molecule has 3 heterocycles. The SMILES string of the molecule is c1ccc(C2=NC(c3ccc4c(c3)sc3cc(-n5c6ccccc6c6cccc(-c7ccccc7)c65)ccc34)=NC(c3ccccc3)N2)cc1. The van der Waals surface area contributed by atoms with E-state index in [1.165, 1.54) is 53.1 Å². The summed E-state index contributed by atoms with van der Waals surface area (Å²) in [7, 11) is 0. The molecule has 236 valence electrons. The van der Waals surface area contributed by atoms with Gasteiger partial charge in [0, 0.05) is 53.3 Å². The van der Waals surface area contributed by atoms with Gasteiger partial charge in [0.05, 0.1) is 11.0 Å². The van der Waals surface area contributed by atoms with Gasteiger partial charge in [-0.15, -0.1) is 11.3 Å². The second-order valence-electron chi connectivity index (χ2n) is 12.7. The van der Waals surface area contributed by atoms with Crippen LogP contribution in [0.5, 0.6) is 0 Å². The van der Waals surface area contributed by atoms with Crippen molar-refractivity contribution in [1.82, 2.24) is 9.88 Å².